The normalized spacial score (nSPS) is 19.6. The van der Waals surface area contributed by atoms with Crippen molar-refractivity contribution in [1.29, 1.82) is 0 Å². The fraction of sp³-hybridized carbons (Fsp3) is 0.478. The minimum atomic E-state index is -0.918. The molecule has 2 aromatic rings. The fourth-order valence-corrected chi connectivity index (χ4v) is 4.13. The largest absolute Gasteiger partial charge is 0.491 e. The monoisotopic (exact) mass is 394 g/mol. The van der Waals surface area contributed by atoms with E-state index in [0.717, 1.165) is 32.1 Å². The SMILES string of the molecule is CCOc1ccc(C2CCC(CCc3ccc(C)c(F)c3F)CC2)c(F)c1F. The average Bonchev–Trinajstić information content (AvgIpc) is 2.70. The molecule has 0 spiro atoms. The molecule has 152 valence electrons. The summed E-state index contributed by atoms with van der Waals surface area (Å²) in [6.45, 7) is 3.56. The summed E-state index contributed by atoms with van der Waals surface area (Å²) in [7, 11) is 0. The number of hydrogen-bond acceptors (Lipinski definition) is 1. The van der Waals surface area contributed by atoms with Crippen LogP contribution >= 0.6 is 0 Å². The highest BCUT2D eigenvalue weighted by Gasteiger charge is 2.27. The topological polar surface area (TPSA) is 9.23 Å². The first-order valence-corrected chi connectivity index (χ1v) is 9.96. The molecule has 3 rings (SSSR count). The van der Waals surface area contributed by atoms with E-state index >= 15 is 0 Å². The first-order chi connectivity index (χ1) is 13.4. The number of ether oxygens (including phenoxy) is 1. The van der Waals surface area contributed by atoms with Gasteiger partial charge in [0.15, 0.2) is 23.2 Å². The van der Waals surface area contributed by atoms with Crippen LogP contribution in [-0.2, 0) is 6.42 Å². The number of rotatable bonds is 6. The molecule has 0 atom stereocenters. The van der Waals surface area contributed by atoms with Crippen LogP contribution in [0.25, 0.3) is 0 Å². The van der Waals surface area contributed by atoms with Gasteiger partial charge < -0.3 is 4.74 Å². The maximum atomic E-state index is 14.4. The van der Waals surface area contributed by atoms with Crippen LogP contribution in [-0.4, -0.2) is 6.61 Å². The molecule has 0 N–H and O–H groups in total. The first kappa shape index (κ1) is 20.7. The van der Waals surface area contributed by atoms with Gasteiger partial charge in [-0.15, -0.1) is 0 Å². The Hall–Kier alpha value is -2.04. The Morgan fingerprint density at radius 3 is 2.25 bits per heavy atom. The van der Waals surface area contributed by atoms with Gasteiger partial charge in [-0.25, -0.2) is 13.2 Å². The summed E-state index contributed by atoms with van der Waals surface area (Å²) in [4.78, 5) is 0. The number of hydrogen-bond donors (Lipinski definition) is 0. The van der Waals surface area contributed by atoms with Crippen molar-refractivity contribution in [1.82, 2.24) is 0 Å². The molecule has 1 nitrogen and oxygen atoms in total. The molecule has 0 amide bonds. The molecule has 0 aliphatic heterocycles. The van der Waals surface area contributed by atoms with Crippen molar-refractivity contribution in [2.24, 2.45) is 5.92 Å². The van der Waals surface area contributed by atoms with Gasteiger partial charge in [-0.2, -0.15) is 4.39 Å². The highest BCUT2D eigenvalue weighted by molar-refractivity contribution is 5.33. The maximum absolute atomic E-state index is 14.4. The summed E-state index contributed by atoms with van der Waals surface area (Å²) in [6, 6.07) is 6.38. The molecule has 1 aliphatic carbocycles. The first-order valence-electron chi connectivity index (χ1n) is 9.96. The van der Waals surface area contributed by atoms with Crippen molar-refractivity contribution >= 4 is 0 Å². The van der Waals surface area contributed by atoms with Crippen LogP contribution < -0.4 is 4.74 Å². The Morgan fingerprint density at radius 1 is 0.857 bits per heavy atom. The molecule has 0 aromatic heterocycles. The summed E-state index contributed by atoms with van der Waals surface area (Å²) < 4.78 is 61.3. The van der Waals surface area contributed by atoms with Crippen LogP contribution in [0.3, 0.4) is 0 Å². The summed E-state index contributed by atoms with van der Waals surface area (Å²) in [5, 5.41) is 0. The Kier molecular flexibility index (Phi) is 6.63. The molecule has 0 unspecified atom stereocenters. The van der Waals surface area contributed by atoms with Gasteiger partial charge in [0.25, 0.3) is 0 Å². The fourth-order valence-electron chi connectivity index (χ4n) is 4.13. The van der Waals surface area contributed by atoms with Crippen LogP contribution in [0, 0.1) is 36.1 Å². The smallest absolute Gasteiger partial charge is 0.200 e. The molecule has 2 aromatic carbocycles. The summed E-state index contributed by atoms with van der Waals surface area (Å²) in [5.74, 6) is -2.94. The van der Waals surface area contributed by atoms with E-state index in [9.17, 15) is 17.6 Å². The molecular weight excluding hydrogens is 368 g/mol. The average molecular weight is 394 g/mol. The van der Waals surface area contributed by atoms with Gasteiger partial charge in [0.05, 0.1) is 6.61 Å². The van der Waals surface area contributed by atoms with Crippen LogP contribution in [0.5, 0.6) is 5.75 Å². The van der Waals surface area contributed by atoms with Crippen molar-refractivity contribution in [2.75, 3.05) is 6.61 Å². The van der Waals surface area contributed by atoms with Crippen LogP contribution in [0.2, 0.25) is 0 Å². The van der Waals surface area contributed by atoms with Crippen LogP contribution in [0.1, 0.15) is 61.6 Å². The van der Waals surface area contributed by atoms with Crippen molar-refractivity contribution < 1.29 is 22.3 Å². The third-order valence-corrected chi connectivity index (χ3v) is 5.84. The van der Waals surface area contributed by atoms with Gasteiger partial charge in [0.2, 0.25) is 5.82 Å². The van der Waals surface area contributed by atoms with E-state index in [4.69, 9.17) is 4.74 Å². The lowest BCUT2D eigenvalue weighted by Crippen LogP contribution is -2.16. The van der Waals surface area contributed by atoms with Crippen molar-refractivity contribution in [3.05, 3.63) is 64.2 Å². The van der Waals surface area contributed by atoms with E-state index in [2.05, 4.69) is 0 Å². The van der Waals surface area contributed by atoms with Crippen molar-refractivity contribution in [3.63, 3.8) is 0 Å². The standard InChI is InChI=1S/C23H26F4O/c1-3-28-19-13-12-18(22(26)23(19)27)16-9-5-15(6-10-16)7-11-17-8-4-14(2)20(24)21(17)25/h4,8,12-13,15-16H,3,5-7,9-11H2,1-2H3. The molecule has 0 heterocycles. The molecule has 1 aliphatic rings. The quantitative estimate of drug-likeness (QED) is 0.487. The Labute approximate surface area is 163 Å². The van der Waals surface area contributed by atoms with E-state index in [0.29, 0.717) is 29.0 Å². The molecule has 0 saturated heterocycles. The maximum Gasteiger partial charge on any atom is 0.200 e. The minimum absolute atomic E-state index is 0.0185. The highest BCUT2D eigenvalue weighted by Crippen LogP contribution is 2.40. The molecule has 0 radical (unpaired) electrons. The lowest BCUT2D eigenvalue weighted by atomic mass is 9.76. The van der Waals surface area contributed by atoms with Crippen molar-refractivity contribution in [3.8, 4) is 5.75 Å². The molecular formula is C23H26F4O. The van der Waals surface area contributed by atoms with E-state index in [1.54, 1.807) is 32.0 Å². The van der Waals surface area contributed by atoms with E-state index in [1.807, 2.05) is 0 Å². The summed E-state index contributed by atoms with van der Waals surface area (Å²) in [6.07, 6.45) is 4.53. The second kappa shape index (κ2) is 8.97. The van der Waals surface area contributed by atoms with Gasteiger partial charge >= 0.3 is 0 Å². The van der Waals surface area contributed by atoms with Gasteiger partial charge in [0, 0.05) is 0 Å². The van der Waals surface area contributed by atoms with E-state index in [1.165, 1.54) is 6.07 Å². The Balaban J connectivity index is 1.58. The van der Waals surface area contributed by atoms with Gasteiger partial charge in [-0.3, -0.25) is 0 Å². The van der Waals surface area contributed by atoms with Gasteiger partial charge in [-0.05, 0) is 87.0 Å². The minimum Gasteiger partial charge on any atom is -0.491 e. The zero-order chi connectivity index (χ0) is 20.3. The lowest BCUT2D eigenvalue weighted by molar-refractivity contribution is 0.296. The highest BCUT2D eigenvalue weighted by atomic mass is 19.2. The predicted octanol–water partition coefficient (Wildman–Crippen LogP) is 6.86. The lowest BCUT2D eigenvalue weighted by Gasteiger charge is -2.29. The van der Waals surface area contributed by atoms with E-state index < -0.39 is 23.3 Å². The molecule has 28 heavy (non-hydrogen) atoms. The molecule has 1 fully saturated rings. The number of aryl methyl sites for hydroxylation is 2. The Morgan fingerprint density at radius 2 is 1.57 bits per heavy atom. The van der Waals surface area contributed by atoms with Crippen molar-refractivity contribution in [2.45, 2.75) is 58.3 Å². The third-order valence-electron chi connectivity index (χ3n) is 5.84. The predicted molar refractivity (Wildman–Crippen MR) is 102 cm³/mol. The number of benzene rings is 2. The van der Waals surface area contributed by atoms with Crippen LogP contribution in [0.15, 0.2) is 24.3 Å². The summed E-state index contributed by atoms with van der Waals surface area (Å²) in [5.41, 5.74) is 1.13. The molecule has 5 heteroatoms. The van der Waals surface area contributed by atoms with E-state index in [-0.39, 0.29) is 18.3 Å². The summed E-state index contributed by atoms with van der Waals surface area (Å²) >= 11 is 0. The second-order valence-electron chi connectivity index (χ2n) is 7.64. The van der Waals surface area contributed by atoms with Crippen LogP contribution in [0.4, 0.5) is 17.6 Å². The van der Waals surface area contributed by atoms with Gasteiger partial charge in [-0.1, -0.05) is 18.2 Å². The van der Waals surface area contributed by atoms with Gasteiger partial charge in [0.1, 0.15) is 0 Å². The zero-order valence-corrected chi connectivity index (χ0v) is 16.3. The molecule has 0 bridgehead atoms. The zero-order valence-electron chi connectivity index (χ0n) is 16.3. The number of halogens is 4. The Bertz CT molecular complexity index is 826. The third kappa shape index (κ3) is 4.34. The second-order valence-corrected chi connectivity index (χ2v) is 7.64. The molecule has 1 saturated carbocycles.